The molecule has 0 amide bonds. The molecule has 0 radical (unpaired) electrons. The zero-order valence-corrected chi connectivity index (χ0v) is 17.2. The number of halogens is 2. The smallest absolute Gasteiger partial charge is 0.266 e. The Morgan fingerprint density at radius 2 is 2.07 bits per heavy atom. The van der Waals surface area contributed by atoms with Gasteiger partial charge in [0.15, 0.2) is 0 Å². The van der Waals surface area contributed by atoms with Gasteiger partial charge in [-0.3, -0.25) is 4.72 Å². The molecule has 1 atom stereocenters. The summed E-state index contributed by atoms with van der Waals surface area (Å²) in [5.74, 6) is -0.931. The van der Waals surface area contributed by atoms with E-state index >= 15 is 0 Å². The molecule has 1 unspecified atom stereocenters. The molecule has 0 bridgehead atoms. The molecule has 2 rings (SSSR count). The maximum absolute atomic E-state index is 14.4. The highest BCUT2D eigenvalue weighted by molar-refractivity contribution is 7.93. The van der Waals surface area contributed by atoms with Crippen LogP contribution in [0.2, 0.25) is 5.02 Å². The van der Waals surface area contributed by atoms with Crippen LogP contribution in [0.5, 0.6) is 0 Å². The van der Waals surface area contributed by atoms with E-state index in [0.717, 1.165) is 36.5 Å². The molecule has 1 aromatic heterocycles. The molecule has 13 heteroatoms. The predicted molar refractivity (Wildman–Crippen MR) is 108 cm³/mol. The van der Waals surface area contributed by atoms with E-state index in [1.165, 1.54) is 6.33 Å². The fourth-order valence-electron chi connectivity index (χ4n) is 2.26. The summed E-state index contributed by atoms with van der Waals surface area (Å²) in [4.78, 5) is 3.14. The van der Waals surface area contributed by atoms with E-state index in [0.29, 0.717) is 25.3 Å². The highest BCUT2D eigenvalue weighted by Crippen LogP contribution is 2.29. The van der Waals surface area contributed by atoms with Gasteiger partial charge in [-0.05, 0) is 31.5 Å². The van der Waals surface area contributed by atoms with Crippen molar-refractivity contribution in [2.24, 2.45) is 5.73 Å². The Labute approximate surface area is 171 Å². The average Bonchev–Trinajstić information content (AvgIpc) is 3.15. The summed E-state index contributed by atoms with van der Waals surface area (Å²) in [6.45, 7) is 1.53. The molecule has 2 aromatic rings. The van der Waals surface area contributed by atoms with Gasteiger partial charge in [-0.15, -0.1) is 0 Å². The Morgan fingerprint density at radius 3 is 2.71 bits per heavy atom. The number of hydrogen-bond acceptors (Lipinski definition) is 9. The summed E-state index contributed by atoms with van der Waals surface area (Å²) in [7, 11) is -4.17. The molecule has 9 nitrogen and oxygen atoms in total. The second kappa shape index (κ2) is 10.8. The van der Waals surface area contributed by atoms with E-state index in [4.69, 9.17) is 22.4 Å². The van der Waals surface area contributed by atoms with Crippen LogP contribution in [0.4, 0.5) is 15.2 Å². The minimum absolute atomic E-state index is 0.0210. The third-order valence-corrected chi connectivity index (χ3v) is 6.13. The van der Waals surface area contributed by atoms with Gasteiger partial charge in [0.25, 0.3) is 10.0 Å². The molecule has 0 aliphatic carbocycles. The first-order chi connectivity index (χ1) is 13.4. The summed E-state index contributed by atoms with van der Waals surface area (Å²) in [6, 6.07) is 1.97. The number of aromatic nitrogens is 2. The van der Waals surface area contributed by atoms with E-state index in [1.54, 1.807) is 0 Å². The van der Waals surface area contributed by atoms with Crippen LogP contribution in [-0.4, -0.2) is 55.2 Å². The third-order valence-electron chi connectivity index (χ3n) is 3.75. The van der Waals surface area contributed by atoms with Crippen molar-refractivity contribution in [2.75, 3.05) is 36.3 Å². The Hall–Kier alpha value is -1.57. The molecule has 0 saturated heterocycles. The lowest BCUT2D eigenvalue weighted by Gasteiger charge is -2.14. The first-order valence-electron chi connectivity index (χ1n) is 8.44. The molecule has 1 aromatic carbocycles. The summed E-state index contributed by atoms with van der Waals surface area (Å²) in [5.41, 5.74) is 5.78. The Bertz CT molecular complexity index is 850. The van der Waals surface area contributed by atoms with Gasteiger partial charge in [-0.25, -0.2) is 17.8 Å². The summed E-state index contributed by atoms with van der Waals surface area (Å²) in [5, 5.41) is 15.2. The number of sulfonamides is 1. The van der Waals surface area contributed by atoms with Crippen LogP contribution in [0, 0.1) is 5.82 Å². The van der Waals surface area contributed by atoms with Crippen LogP contribution in [-0.2, 0) is 10.0 Å². The number of aliphatic hydroxyl groups excluding tert-OH is 1. The normalized spacial score (nSPS) is 12.7. The van der Waals surface area contributed by atoms with Crippen LogP contribution in [0.3, 0.4) is 0 Å². The number of rotatable bonds is 12. The monoisotopic (exact) mass is 452 g/mol. The molecule has 0 saturated carbocycles. The van der Waals surface area contributed by atoms with Crippen LogP contribution in [0.15, 0.2) is 23.4 Å². The maximum atomic E-state index is 14.4. The summed E-state index contributed by atoms with van der Waals surface area (Å²) < 4.78 is 44.8. The molecule has 0 fully saturated rings. The average molecular weight is 453 g/mol. The van der Waals surface area contributed by atoms with Crippen molar-refractivity contribution in [3.63, 3.8) is 0 Å². The molecule has 6 N–H and O–H groups in total. The topological polar surface area (TPSA) is 142 Å². The standard InChI is InChI=1S/C15H22ClFN6O3S2/c16-11-5-14(28(25,26)23-15-21-9-22-27-15)12(17)6-13(11)20-4-2-1-3-19-10(7-18)8-24/h5-6,9-10,19-20,24H,1-4,7-8,18H2,(H,21,22,23). The van der Waals surface area contributed by atoms with Crippen LogP contribution >= 0.6 is 23.1 Å². The third kappa shape index (κ3) is 6.50. The van der Waals surface area contributed by atoms with Gasteiger partial charge in [0.1, 0.15) is 17.0 Å². The van der Waals surface area contributed by atoms with Crippen LogP contribution in [0.25, 0.3) is 0 Å². The van der Waals surface area contributed by atoms with Crippen LogP contribution in [0.1, 0.15) is 12.8 Å². The molecule has 0 aliphatic rings. The van der Waals surface area contributed by atoms with Gasteiger partial charge < -0.3 is 21.5 Å². The number of hydrogen-bond donors (Lipinski definition) is 5. The Balaban J connectivity index is 1.91. The van der Waals surface area contributed by atoms with E-state index < -0.39 is 20.7 Å². The van der Waals surface area contributed by atoms with Crippen molar-refractivity contribution in [2.45, 2.75) is 23.8 Å². The largest absolute Gasteiger partial charge is 0.395 e. The van der Waals surface area contributed by atoms with Gasteiger partial charge in [0, 0.05) is 30.7 Å². The lowest BCUT2D eigenvalue weighted by Crippen LogP contribution is -2.39. The quantitative estimate of drug-likeness (QED) is 0.303. The molecule has 1 heterocycles. The van der Waals surface area contributed by atoms with Crippen molar-refractivity contribution in [1.82, 2.24) is 14.7 Å². The second-order valence-corrected chi connectivity index (χ2v) is 8.66. The fraction of sp³-hybridized carbons (Fsp3) is 0.467. The van der Waals surface area contributed by atoms with Crippen molar-refractivity contribution < 1.29 is 17.9 Å². The highest BCUT2D eigenvalue weighted by atomic mass is 35.5. The van der Waals surface area contributed by atoms with Gasteiger partial charge in [-0.2, -0.15) is 4.37 Å². The number of unbranched alkanes of at least 4 members (excludes halogenated alkanes) is 1. The molecular formula is C15H22ClFN6O3S2. The number of aliphatic hydroxyl groups is 1. The number of benzene rings is 1. The van der Waals surface area contributed by atoms with Crippen LogP contribution < -0.4 is 21.1 Å². The number of nitrogens with zero attached hydrogens (tertiary/aromatic N) is 2. The minimum atomic E-state index is -4.17. The summed E-state index contributed by atoms with van der Waals surface area (Å²) >= 11 is 6.94. The number of anilines is 2. The number of nitrogens with one attached hydrogen (secondary N) is 3. The molecule has 28 heavy (non-hydrogen) atoms. The van der Waals surface area contributed by atoms with Crippen molar-refractivity contribution in [3.05, 3.63) is 29.3 Å². The lowest BCUT2D eigenvalue weighted by atomic mass is 10.2. The zero-order chi connectivity index (χ0) is 20.6. The first kappa shape index (κ1) is 22.7. The van der Waals surface area contributed by atoms with E-state index in [1.807, 2.05) is 0 Å². The van der Waals surface area contributed by atoms with E-state index in [9.17, 15) is 12.8 Å². The highest BCUT2D eigenvalue weighted by Gasteiger charge is 2.22. The van der Waals surface area contributed by atoms with Crippen molar-refractivity contribution in [3.8, 4) is 0 Å². The van der Waals surface area contributed by atoms with Gasteiger partial charge in [-0.1, -0.05) is 11.6 Å². The Kier molecular flexibility index (Phi) is 8.79. The molecule has 0 aliphatic heterocycles. The zero-order valence-electron chi connectivity index (χ0n) is 14.9. The van der Waals surface area contributed by atoms with E-state index in [-0.39, 0.29) is 22.8 Å². The first-order valence-corrected chi connectivity index (χ1v) is 11.1. The number of nitrogens with two attached hydrogens (primary N) is 1. The molecule has 0 spiro atoms. The predicted octanol–water partition coefficient (Wildman–Crippen LogP) is 1.23. The second-order valence-electron chi connectivity index (χ2n) is 5.82. The van der Waals surface area contributed by atoms with Gasteiger partial charge >= 0.3 is 0 Å². The maximum Gasteiger partial charge on any atom is 0.266 e. The van der Waals surface area contributed by atoms with Gasteiger partial charge in [0.05, 0.1) is 17.3 Å². The lowest BCUT2D eigenvalue weighted by molar-refractivity contribution is 0.245. The van der Waals surface area contributed by atoms with E-state index in [2.05, 4.69) is 24.7 Å². The SMILES string of the molecule is NCC(CO)NCCCCNc1cc(F)c(S(=O)(=O)Nc2ncns2)cc1Cl. The van der Waals surface area contributed by atoms with Gasteiger partial charge in [0.2, 0.25) is 5.13 Å². The molecular weight excluding hydrogens is 431 g/mol. The minimum Gasteiger partial charge on any atom is -0.395 e. The van der Waals surface area contributed by atoms with Crippen molar-refractivity contribution >= 4 is 44.0 Å². The molecule has 156 valence electrons. The Morgan fingerprint density at radius 1 is 1.32 bits per heavy atom. The van der Waals surface area contributed by atoms with Crippen molar-refractivity contribution in [1.29, 1.82) is 0 Å². The fourth-order valence-corrected chi connectivity index (χ4v) is 4.30. The summed E-state index contributed by atoms with van der Waals surface area (Å²) in [6.07, 6.45) is 2.75.